The number of rotatable bonds is 5. The van der Waals surface area contributed by atoms with Crippen LogP contribution in [0.1, 0.15) is 26.7 Å². The van der Waals surface area contributed by atoms with Gasteiger partial charge in [-0.05, 0) is 25.3 Å². The van der Waals surface area contributed by atoms with E-state index < -0.39 is 21.0 Å². The summed E-state index contributed by atoms with van der Waals surface area (Å²) in [5.41, 5.74) is 0. The Morgan fingerprint density at radius 1 is 1.19 bits per heavy atom. The molecule has 1 N–H and O–H groups in total. The van der Waals surface area contributed by atoms with Crippen molar-refractivity contribution in [3.63, 3.8) is 0 Å². The van der Waals surface area contributed by atoms with Crippen LogP contribution in [0.15, 0.2) is 0 Å². The van der Waals surface area contributed by atoms with Crippen molar-refractivity contribution >= 4 is 21.0 Å². The standard InChI is InChI=1S/C13H27N3O3S2/c1-12(2)14-10-13-4-3-5-16(11-13)21(18,19)15-6-8-20(17)9-7-15/h12-14H,3-11H2,1-2H3. The van der Waals surface area contributed by atoms with E-state index in [1.807, 2.05) is 0 Å². The maximum Gasteiger partial charge on any atom is 0.282 e. The lowest BCUT2D eigenvalue weighted by Gasteiger charge is -2.36. The van der Waals surface area contributed by atoms with Crippen molar-refractivity contribution in [2.45, 2.75) is 32.7 Å². The lowest BCUT2D eigenvalue weighted by molar-refractivity contribution is 0.241. The first-order valence-electron chi connectivity index (χ1n) is 7.73. The molecule has 0 aromatic heterocycles. The van der Waals surface area contributed by atoms with Crippen LogP contribution in [-0.4, -0.2) is 71.5 Å². The van der Waals surface area contributed by atoms with Crippen LogP contribution in [0, 0.1) is 5.92 Å². The minimum atomic E-state index is -3.38. The highest BCUT2D eigenvalue weighted by Crippen LogP contribution is 2.21. The molecule has 2 aliphatic rings. The lowest BCUT2D eigenvalue weighted by atomic mass is 9.99. The van der Waals surface area contributed by atoms with Gasteiger partial charge in [-0.3, -0.25) is 4.21 Å². The van der Waals surface area contributed by atoms with E-state index in [9.17, 15) is 12.6 Å². The van der Waals surface area contributed by atoms with Crippen molar-refractivity contribution < 1.29 is 12.6 Å². The van der Waals surface area contributed by atoms with Crippen LogP contribution < -0.4 is 5.32 Å². The van der Waals surface area contributed by atoms with Crippen molar-refractivity contribution in [3.05, 3.63) is 0 Å². The van der Waals surface area contributed by atoms with Crippen molar-refractivity contribution in [1.29, 1.82) is 0 Å². The summed E-state index contributed by atoms with van der Waals surface area (Å²) in [4.78, 5) is 0. The molecule has 2 saturated heterocycles. The zero-order valence-corrected chi connectivity index (χ0v) is 14.6. The minimum Gasteiger partial charge on any atom is -0.314 e. The number of nitrogens with zero attached hydrogens (tertiary/aromatic N) is 2. The van der Waals surface area contributed by atoms with Crippen LogP contribution in [0.2, 0.25) is 0 Å². The molecule has 0 radical (unpaired) electrons. The van der Waals surface area contributed by atoms with Gasteiger partial charge < -0.3 is 5.32 Å². The van der Waals surface area contributed by atoms with Gasteiger partial charge in [-0.15, -0.1) is 0 Å². The summed E-state index contributed by atoms with van der Waals surface area (Å²) in [6.07, 6.45) is 2.00. The molecule has 2 fully saturated rings. The molecule has 0 aromatic rings. The normalized spacial score (nSPS) is 27.3. The fourth-order valence-corrected chi connectivity index (χ4v) is 5.83. The number of piperidine rings is 1. The Hall–Kier alpha value is -0.0200. The van der Waals surface area contributed by atoms with Crippen LogP contribution in [0.25, 0.3) is 0 Å². The monoisotopic (exact) mass is 337 g/mol. The number of nitrogens with one attached hydrogen (secondary N) is 1. The van der Waals surface area contributed by atoms with Crippen molar-refractivity contribution in [2.24, 2.45) is 5.92 Å². The Morgan fingerprint density at radius 3 is 2.48 bits per heavy atom. The Labute approximate surface area is 130 Å². The van der Waals surface area contributed by atoms with Crippen LogP contribution in [0.4, 0.5) is 0 Å². The van der Waals surface area contributed by atoms with Gasteiger partial charge in [0.25, 0.3) is 10.2 Å². The predicted molar refractivity (Wildman–Crippen MR) is 85.8 cm³/mol. The topological polar surface area (TPSA) is 69.7 Å². The summed E-state index contributed by atoms with van der Waals surface area (Å²) >= 11 is 0. The molecular weight excluding hydrogens is 310 g/mol. The minimum absolute atomic E-state index is 0.384. The van der Waals surface area contributed by atoms with E-state index >= 15 is 0 Å². The first-order valence-corrected chi connectivity index (χ1v) is 10.6. The Morgan fingerprint density at radius 2 is 1.86 bits per heavy atom. The molecule has 0 bridgehead atoms. The summed E-state index contributed by atoms with van der Waals surface area (Å²) in [6.45, 7) is 7.06. The maximum atomic E-state index is 12.7. The van der Waals surface area contributed by atoms with E-state index in [0.29, 0.717) is 49.6 Å². The van der Waals surface area contributed by atoms with Gasteiger partial charge in [0.05, 0.1) is 0 Å². The van der Waals surface area contributed by atoms with Crippen LogP contribution in [-0.2, 0) is 21.0 Å². The van der Waals surface area contributed by atoms with E-state index in [-0.39, 0.29) is 0 Å². The van der Waals surface area contributed by atoms with E-state index in [1.54, 1.807) is 4.31 Å². The molecule has 0 amide bonds. The third kappa shape index (κ3) is 4.72. The van der Waals surface area contributed by atoms with Crippen molar-refractivity contribution in [3.8, 4) is 0 Å². The van der Waals surface area contributed by atoms with Gasteiger partial charge in [-0.25, -0.2) is 0 Å². The predicted octanol–water partition coefficient (Wildman–Crippen LogP) is 0.00550. The van der Waals surface area contributed by atoms with E-state index in [0.717, 1.165) is 19.4 Å². The Kier molecular flexibility index (Phi) is 6.19. The van der Waals surface area contributed by atoms with Gasteiger partial charge in [0.2, 0.25) is 0 Å². The van der Waals surface area contributed by atoms with Crippen LogP contribution >= 0.6 is 0 Å². The van der Waals surface area contributed by atoms with Gasteiger partial charge in [0.1, 0.15) is 0 Å². The highest BCUT2D eigenvalue weighted by molar-refractivity contribution is 7.87. The highest BCUT2D eigenvalue weighted by atomic mass is 32.2. The molecule has 8 heteroatoms. The molecule has 2 aliphatic heterocycles. The van der Waals surface area contributed by atoms with E-state index in [2.05, 4.69) is 19.2 Å². The van der Waals surface area contributed by atoms with Crippen molar-refractivity contribution in [1.82, 2.24) is 13.9 Å². The molecule has 2 heterocycles. The zero-order chi connectivity index (χ0) is 15.5. The summed E-state index contributed by atoms with van der Waals surface area (Å²) < 4.78 is 39.8. The molecule has 6 nitrogen and oxygen atoms in total. The molecule has 0 spiro atoms. The Balaban J connectivity index is 1.94. The fraction of sp³-hybridized carbons (Fsp3) is 1.00. The average molecular weight is 338 g/mol. The molecule has 1 unspecified atom stereocenters. The lowest BCUT2D eigenvalue weighted by Crippen LogP contribution is -2.52. The molecule has 1 atom stereocenters. The average Bonchev–Trinajstić information content (AvgIpc) is 2.46. The quantitative estimate of drug-likeness (QED) is 0.767. The molecule has 0 aromatic carbocycles. The second-order valence-electron chi connectivity index (χ2n) is 6.18. The highest BCUT2D eigenvalue weighted by Gasteiger charge is 2.35. The third-order valence-corrected chi connectivity index (χ3v) is 7.36. The van der Waals surface area contributed by atoms with Gasteiger partial charge in [0.15, 0.2) is 0 Å². The number of hydrogen-bond donors (Lipinski definition) is 1. The smallest absolute Gasteiger partial charge is 0.282 e. The number of hydrogen-bond acceptors (Lipinski definition) is 4. The maximum absolute atomic E-state index is 12.7. The summed E-state index contributed by atoms with van der Waals surface area (Å²) in [6, 6.07) is 0.425. The van der Waals surface area contributed by atoms with Gasteiger partial charge in [-0.1, -0.05) is 13.8 Å². The molecule has 0 aliphatic carbocycles. The van der Waals surface area contributed by atoms with Gasteiger partial charge in [-0.2, -0.15) is 17.0 Å². The van der Waals surface area contributed by atoms with E-state index in [4.69, 9.17) is 0 Å². The van der Waals surface area contributed by atoms with Crippen molar-refractivity contribution in [2.75, 3.05) is 44.2 Å². The molecule has 124 valence electrons. The summed E-state index contributed by atoms with van der Waals surface area (Å²) in [7, 11) is -4.23. The first-order chi connectivity index (χ1) is 9.89. The van der Waals surface area contributed by atoms with Gasteiger partial charge in [0, 0.05) is 54.5 Å². The summed E-state index contributed by atoms with van der Waals surface area (Å²) in [5.74, 6) is 1.31. The van der Waals surface area contributed by atoms with Gasteiger partial charge >= 0.3 is 0 Å². The second-order valence-corrected chi connectivity index (χ2v) is 9.81. The zero-order valence-electron chi connectivity index (χ0n) is 13.0. The molecule has 21 heavy (non-hydrogen) atoms. The fourth-order valence-electron chi connectivity index (χ4n) is 2.82. The first kappa shape index (κ1) is 17.3. The Bertz CT molecular complexity index is 457. The molecular formula is C13H27N3O3S2. The summed E-state index contributed by atoms with van der Waals surface area (Å²) in [5, 5.41) is 3.40. The second kappa shape index (κ2) is 7.50. The van der Waals surface area contributed by atoms with Crippen LogP contribution in [0.3, 0.4) is 0 Å². The third-order valence-electron chi connectivity index (χ3n) is 4.09. The van der Waals surface area contributed by atoms with E-state index in [1.165, 1.54) is 4.31 Å². The SMILES string of the molecule is CC(C)NCC1CCCN(S(=O)(=O)N2CCS(=O)CC2)C1. The molecule has 0 saturated carbocycles. The largest absolute Gasteiger partial charge is 0.314 e. The molecule has 2 rings (SSSR count). The van der Waals surface area contributed by atoms with Crippen LogP contribution in [0.5, 0.6) is 0 Å².